The Labute approximate surface area is 193 Å². The van der Waals surface area contributed by atoms with Gasteiger partial charge in [0, 0.05) is 11.3 Å². The molecule has 0 fully saturated rings. The number of carbonyl (C=O) groups is 2. The Morgan fingerprint density at radius 1 is 1.12 bits per heavy atom. The summed E-state index contributed by atoms with van der Waals surface area (Å²) >= 11 is 1.16. The molecule has 0 saturated carbocycles. The average molecular weight is 460 g/mol. The highest BCUT2D eigenvalue weighted by Crippen LogP contribution is 2.32. The van der Waals surface area contributed by atoms with Gasteiger partial charge in [0.1, 0.15) is 4.53 Å². The average Bonchev–Trinajstić information content (AvgIpc) is 3.28. The van der Waals surface area contributed by atoms with Crippen molar-refractivity contribution in [1.82, 2.24) is 4.57 Å². The molecule has 2 aliphatic rings. The maximum Gasteiger partial charge on any atom is 0.338 e. The normalized spacial score (nSPS) is 18.4. The van der Waals surface area contributed by atoms with Gasteiger partial charge >= 0.3 is 5.97 Å². The summed E-state index contributed by atoms with van der Waals surface area (Å²) in [4.78, 5) is 44.5. The molecule has 1 atom stereocenters. The van der Waals surface area contributed by atoms with Gasteiger partial charge < -0.3 is 10.1 Å². The number of nitrogens with one attached hydrogen (secondary N) is 1. The highest BCUT2D eigenvalue weighted by molar-refractivity contribution is 7.07. The molecule has 3 heterocycles. The third kappa shape index (κ3) is 3.34. The van der Waals surface area contributed by atoms with Crippen LogP contribution in [0.5, 0.6) is 0 Å². The fourth-order valence-corrected chi connectivity index (χ4v) is 5.39. The van der Waals surface area contributed by atoms with E-state index in [1.807, 2.05) is 49.4 Å². The highest BCUT2D eigenvalue weighted by Gasteiger charge is 2.35. The molecular weight excluding hydrogens is 438 g/mol. The number of amides is 1. The van der Waals surface area contributed by atoms with Crippen LogP contribution in [0.4, 0.5) is 5.69 Å². The van der Waals surface area contributed by atoms with E-state index >= 15 is 0 Å². The summed E-state index contributed by atoms with van der Waals surface area (Å²) in [5.74, 6) is -0.832. The smallest absolute Gasteiger partial charge is 0.338 e. The van der Waals surface area contributed by atoms with E-state index in [0.717, 1.165) is 22.5 Å². The molecule has 0 unspecified atom stereocenters. The molecule has 2 aliphatic heterocycles. The number of esters is 1. The largest absolute Gasteiger partial charge is 0.463 e. The van der Waals surface area contributed by atoms with Gasteiger partial charge in [0.05, 0.1) is 29.5 Å². The first-order valence-corrected chi connectivity index (χ1v) is 11.4. The summed E-state index contributed by atoms with van der Waals surface area (Å²) in [6, 6.07) is 14.2. The molecule has 3 aromatic rings. The van der Waals surface area contributed by atoms with E-state index in [2.05, 4.69) is 10.3 Å². The number of para-hydroxylation sites is 1. The van der Waals surface area contributed by atoms with Gasteiger partial charge in [-0.15, -0.1) is 0 Å². The molecule has 0 radical (unpaired) electrons. The van der Waals surface area contributed by atoms with Gasteiger partial charge in [-0.3, -0.25) is 14.2 Å². The van der Waals surface area contributed by atoms with Crippen molar-refractivity contribution < 1.29 is 14.3 Å². The molecular formula is C25H21N3O4S. The van der Waals surface area contributed by atoms with E-state index in [-0.39, 0.29) is 18.1 Å². The van der Waals surface area contributed by atoms with Gasteiger partial charge in [-0.2, -0.15) is 0 Å². The number of nitrogens with zero attached hydrogens (tertiary/aromatic N) is 2. The number of benzene rings is 2. The van der Waals surface area contributed by atoms with Crippen LogP contribution in [0.3, 0.4) is 0 Å². The molecule has 8 heteroatoms. The van der Waals surface area contributed by atoms with E-state index in [1.165, 1.54) is 4.57 Å². The van der Waals surface area contributed by atoms with Gasteiger partial charge in [-0.1, -0.05) is 59.4 Å². The Morgan fingerprint density at radius 2 is 1.85 bits per heavy atom. The maximum atomic E-state index is 13.8. The van der Waals surface area contributed by atoms with Gasteiger partial charge in [0.15, 0.2) is 4.80 Å². The molecule has 7 nitrogen and oxygen atoms in total. The van der Waals surface area contributed by atoms with Crippen LogP contribution in [0.25, 0.3) is 5.57 Å². The van der Waals surface area contributed by atoms with Gasteiger partial charge in [0.25, 0.3) is 11.5 Å². The molecule has 1 aromatic heterocycles. The molecule has 5 rings (SSSR count). The maximum absolute atomic E-state index is 13.8. The monoisotopic (exact) mass is 459 g/mol. The zero-order valence-electron chi connectivity index (χ0n) is 18.3. The van der Waals surface area contributed by atoms with Gasteiger partial charge in [0.2, 0.25) is 0 Å². The second kappa shape index (κ2) is 7.97. The minimum absolute atomic E-state index is 0.210. The first-order valence-electron chi connectivity index (χ1n) is 10.6. The van der Waals surface area contributed by atoms with Crippen molar-refractivity contribution in [3.63, 3.8) is 0 Å². The van der Waals surface area contributed by atoms with Crippen molar-refractivity contribution in [1.29, 1.82) is 0 Å². The molecule has 0 saturated heterocycles. The van der Waals surface area contributed by atoms with Crippen LogP contribution in [0.2, 0.25) is 0 Å². The molecule has 1 N–H and O–H groups in total. The number of ether oxygens (including phenoxy) is 1. The Morgan fingerprint density at radius 3 is 2.58 bits per heavy atom. The standard InChI is InChI=1S/C25H21N3O4S/c1-4-32-24(31)18-14(3)26-25-28(20(18)15-11-9-13(2)10-12-15)23(30)21(33-25)19-16-7-5-6-8-17(16)27-22(19)29/h5-12,20H,4H2,1-3H3,(H,27,29)/t20-/m1/s1. The lowest BCUT2D eigenvalue weighted by molar-refractivity contribution is -0.139. The van der Waals surface area contributed by atoms with Crippen LogP contribution in [0.15, 0.2) is 69.6 Å². The van der Waals surface area contributed by atoms with E-state index in [4.69, 9.17) is 4.74 Å². The van der Waals surface area contributed by atoms with Crippen molar-refractivity contribution in [2.75, 3.05) is 11.9 Å². The number of thiazole rings is 1. The number of hydrogen-bond acceptors (Lipinski definition) is 6. The fraction of sp³-hybridized carbons (Fsp3) is 0.200. The summed E-state index contributed by atoms with van der Waals surface area (Å²) in [6.45, 7) is 5.66. The van der Waals surface area contributed by atoms with Crippen molar-refractivity contribution in [2.45, 2.75) is 26.8 Å². The van der Waals surface area contributed by atoms with Gasteiger partial charge in [-0.25, -0.2) is 9.79 Å². The molecule has 2 aromatic carbocycles. The molecule has 0 spiro atoms. The topological polar surface area (TPSA) is 89.8 Å². The van der Waals surface area contributed by atoms with E-state index in [1.54, 1.807) is 19.9 Å². The summed E-state index contributed by atoms with van der Waals surface area (Å²) in [7, 11) is 0. The van der Waals surface area contributed by atoms with Crippen molar-refractivity contribution in [2.24, 2.45) is 4.99 Å². The van der Waals surface area contributed by atoms with Gasteiger partial charge in [-0.05, 0) is 32.4 Å². The second-order valence-electron chi connectivity index (χ2n) is 7.91. The van der Waals surface area contributed by atoms with Crippen LogP contribution in [-0.4, -0.2) is 23.1 Å². The summed E-state index contributed by atoms with van der Waals surface area (Å²) in [6.07, 6.45) is 0. The number of fused-ring (bicyclic) bond motifs is 2. The number of anilines is 1. The SMILES string of the molecule is CCOC(=O)C1=C(C)N=c2sc(=C3C(=O)Nc4ccccc43)c(=O)n2[C@@H]1c1ccc(C)cc1. The lowest BCUT2D eigenvalue weighted by Crippen LogP contribution is -2.40. The Hall–Kier alpha value is -3.78. The number of aryl methyl sites for hydroxylation is 1. The van der Waals surface area contributed by atoms with E-state index in [9.17, 15) is 14.4 Å². The first kappa shape index (κ1) is 21.1. The lowest BCUT2D eigenvalue weighted by atomic mass is 9.95. The number of aromatic nitrogens is 1. The number of allylic oxidation sites excluding steroid dienone is 1. The van der Waals surface area contributed by atoms with Crippen LogP contribution in [0.1, 0.15) is 36.6 Å². The molecule has 0 aliphatic carbocycles. The third-order valence-electron chi connectivity index (χ3n) is 5.78. The van der Waals surface area contributed by atoms with E-state index in [0.29, 0.717) is 37.4 Å². The lowest BCUT2D eigenvalue weighted by Gasteiger charge is -2.24. The van der Waals surface area contributed by atoms with E-state index < -0.39 is 12.0 Å². The quantitative estimate of drug-likeness (QED) is 0.610. The first-order chi connectivity index (χ1) is 15.9. The van der Waals surface area contributed by atoms with Crippen LogP contribution >= 0.6 is 11.3 Å². The predicted molar refractivity (Wildman–Crippen MR) is 126 cm³/mol. The zero-order chi connectivity index (χ0) is 23.3. The number of hydrogen-bond donors (Lipinski definition) is 1. The minimum Gasteiger partial charge on any atom is -0.463 e. The van der Waals surface area contributed by atoms with Crippen molar-refractivity contribution in [3.8, 4) is 0 Å². The minimum atomic E-state index is -0.699. The van der Waals surface area contributed by atoms with Crippen molar-refractivity contribution >= 4 is 34.5 Å². The van der Waals surface area contributed by atoms with Crippen LogP contribution in [0, 0.1) is 6.92 Å². The predicted octanol–water partition coefficient (Wildman–Crippen LogP) is 2.43. The Balaban J connectivity index is 1.82. The molecule has 166 valence electrons. The zero-order valence-corrected chi connectivity index (χ0v) is 19.2. The number of carbonyl (C=O) groups excluding carboxylic acids is 2. The molecule has 1 amide bonds. The Kier molecular flexibility index (Phi) is 5.09. The third-order valence-corrected chi connectivity index (χ3v) is 6.84. The van der Waals surface area contributed by atoms with Crippen LogP contribution < -0.4 is 20.2 Å². The number of rotatable bonds is 3. The Bertz CT molecular complexity index is 1530. The van der Waals surface area contributed by atoms with Crippen LogP contribution in [-0.2, 0) is 14.3 Å². The summed E-state index contributed by atoms with van der Waals surface area (Å²) in [5, 5.41) is 2.82. The highest BCUT2D eigenvalue weighted by atomic mass is 32.1. The summed E-state index contributed by atoms with van der Waals surface area (Å²) in [5.41, 5.74) is 3.96. The molecule has 33 heavy (non-hydrogen) atoms. The van der Waals surface area contributed by atoms with Crippen molar-refractivity contribution in [3.05, 3.63) is 96.2 Å². The second-order valence-corrected chi connectivity index (χ2v) is 8.89. The molecule has 0 bridgehead atoms. The summed E-state index contributed by atoms with van der Waals surface area (Å²) < 4.78 is 7.12. The fourth-order valence-electron chi connectivity index (χ4n) is 4.25.